The summed E-state index contributed by atoms with van der Waals surface area (Å²) in [5, 5.41) is 0. The molecule has 0 aromatic heterocycles. The summed E-state index contributed by atoms with van der Waals surface area (Å²) in [7, 11) is 0. The first kappa shape index (κ1) is 18.1. The number of carbonyl (C=O) groups is 2. The summed E-state index contributed by atoms with van der Waals surface area (Å²) in [5.41, 5.74) is 5.93. The number of nitrogens with two attached hydrogens (primary N) is 1. The van der Waals surface area contributed by atoms with Gasteiger partial charge in [0, 0.05) is 39.3 Å². The zero-order valence-electron chi connectivity index (χ0n) is 13.4. The van der Waals surface area contributed by atoms with Gasteiger partial charge in [0.05, 0.1) is 6.04 Å². The number of thioether (sulfide) groups is 1. The van der Waals surface area contributed by atoms with Crippen LogP contribution in [-0.2, 0) is 4.79 Å². The first-order valence-corrected chi connectivity index (χ1v) is 9.01. The van der Waals surface area contributed by atoms with Crippen LogP contribution in [0, 0.1) is 0 Å². The average Bonchev–Trinajstić information content (AvgIpc) is 2.53. The third-order valence-corrected chi connectivity index (χ3v) is 4.49. The number of urea groups is 1. The fourth-order valence-electron chi connectivity index (χ4n) is 2.42. The molecule has 1 rings (SSSR count). The molecule has 0 saturated carbocycles. The molecule has 0 bridgehead atoms. The fraction of sp³-hybridized carbons (Fsp3) is 0.857. The predicted octanol–water partition coefficient (Wildman–Crippen LogP) is 0.673. The van der Waals surface area contributed by atoms with Crippen molar-refractivity contribution in [1.29, 1.82) is 0 Å². The minimum atomic E-state index is -0.414. The summed E-state index contributed by atoms with van der Waals surface area (Å²) < 4.78 is 0. The topological polar surface area (TPSA) is 69.9 Å². The second kappa shape index (κ2) is 9.15. The lowest BCUT2D eigenvalue weighted by molar-refractivity contribution is -0.134. The average molecular weight is 316 g/mol. The molecule has 21 heavy (non-hydrogen) atoms. The van der Waals surface area contributed by atoms with E-state index in [4.69, 9.17) is 5.73 Å². The Morgan fingerprint density at radius 2 is 1.67 bits per heavy atom. The van der Waals surface area contributed by atoms with Gasteiger partial charge < -0.3 is 20.4 Å². The molecule has 0 spiro atoms. The Balaban J connectivity index is 2.44. The van der Waals surface area contributed by atoms with Gasteiger partial charge in [-0.05, 0) is 32.3 Å². The molecule has 7 heteroatoms. The third-order valence-electron chi connectivity index (χ3n) is 3.85. The maximum absolute atomic E-state index is 12.2. The van der Waals surface area contributed by atoms with Crippen molar-refractivity contribution in [3.8, 4) is 0 Å². The molecule has 3 amide bonds. The maximum Gasteiger partial charge on any atom is 0.320 e. The lowest BCUT2D eigenvalue weighted by Crippen LogP contribution is -2.56. The van der Waals surface area contributed by atoms with Crippen LogP contribution in [0.5, 0.6) is 0 Å². The summed E-state index contributed by atoms with van der Waals surface area (Å²) in [6.45, 7) is 7.74. The highest BCUT2D eigenvalue weighted by atomic mass is 32.2. The van der Waals surface area contributed by atoms with Crippen molar-refractivity contribution in [3.63, 3.8) is 0 Å². The highest BCUT2D eigenvalue weighted by molar-refractivity contribution is 7.98. The van der Waals surface area contributed by atoms with E-state index in [-0.39, 0.29) is 11.9 Å². The molecular weight excluding hydrogens is 288 g/mol. The van der Waals surface area contributed by atoms with E-state index in [0.29, 0.717) is 45.7 Å². The highest BCUT2D eigenvalue weighted by Gasteiger charge is 2.28. The van der Waals surface area contributed by atoms with Gasteiger partial charge in [-0.3, -0.25) is 4.79 Å². The van der Waals surface area contributed by atoms with E-state index in [9.17, 15) is 9.59 Å². The van der Waals surface area contributed by atoms with E-state index in [1.165, 1.54) is 0 Å². The molecule has 122 valence electrons. The Morgan fingerprint density at radius 3 is 2.14 bits per heavy atom. The number of hydrogen-bond acceptors (Lipinski definition) is 4. The van der Waals surface area contributed by atoms with Crippen molar-refractivity contribution in [1.82, 2.24) is 14.7 Å². The van der Waals surface area contributed by atoms with Crippen LogP contribution in [0.2, 0.25) is 0 Å². The molecule has 6 nitrogen and oxygen atoms in total. The lowest BCUT2D eigenvalue weighted by atomic mass is 10.2. The van der Waals surface area contributed by atoms with E-state index in [1.807, 2.05) is 29.9 Å². The molecule has 0 unspecified atom stereocenters. The quantitative estimate of drug-likeness (QED) is 0.782. The summed E-state index contributed by atoms with van der Waals surface area (Å²) in [6.07, 6.45) is 2.72. The summed E-state index contributed by atoms with van der Waals surface area (Å²) in [5.74, 6) is 0.909. The van der Waals surface area contributed by atoms with E-state index in [1.54, 1.807) is 16.7 Å². The van der Waals surface area contributed by atoms with Gasteiger partial charge in [0.2, 0.25) is 5.91 Å². The molecule has 1 atom stereocenters. The van der Waals surface area contributed by atoms with Crippen LogP contribution in [-0.4, -0.2) is 84.0 Å². The van der Waals surface area contributed by atoms with Crippen molar-refractivity contribution in [2.45, 2.75) is 26.3 Å². The van der Waals surface area contributed by atoms with Gasteiger partial charge in [0.25, 0.3) is 0 Å². The zero-order chi connectivity index (χ0) is 15.8. The van der Waals surface area contributed by atoms with Crippen LogP contribution >= 0.6 is 11.8 Å². The number of carbonyl (C=O) groups excluding carboxylic acids is 2. The normalized spacial score (nSPS) is 16.8. The fourth-order valence-corrected chi connectivity index (χ4v) is 2.90. The minimum Gasteiger partial charge on any atom is -0.338 e. The molecule has 0 aromatic carbocycles. The van der Waals surface area contributed by atoms with E-state index in [0.717, 1.165) is 5.75 Å². The first-order valence-electron chi connectivity index (χ1n) is 7.62. The van der Waals surface area contributed by atoms with Crippen LogP contribution < -0.4 is 5.73 Å². The van der Waals surface area contributed by atoms with Gasteiger partial charge >= 0.3 is 6.03 Å². The lowest BCUT2D eigenvalue weighted by Gasteiger charge is -2.38. The summed E-state index contributed by atoms with van der Waals surface area (Å²) in [4.78, 5) is 29.9. The Labute approximate surface area is 132 Å². The van der Waals surface area contributed by atoms with Crippen molar-refractivity contribution in [2.24, 2.45) is 5.73 Å². The second-order valence-corrected chi connectivity index (χ2v) is 6.14. The Bertz CT molecular complexity index is 342. The monoisotopic (exact) mass is 316 g/mol. The molecule has 1 aliphatic heterocycles. The number of amides is 3. The highest BCUT2D eigenvalue weighted by Crippen LogP contribution is 2.09. The van der Waals surface area contributed by atoms with Crippen LogP contribution in [0.1, 0.15) is 20.3 Å². The molecular formula is C14H28N4O2S. The van der Waals surface area contributed by atoms with Crippen LogP contribution in [0.4, 0.5) is 4.79 Å². The Morgan fingerprint density at radius 1 is 1.14 bits per heavy atom. The van der Waals surface area contributed by atoms with Gasteiger partial charge in [0.1, 0.15) is 0 Å². The van der Waals surface area contributed by atoms with Gasteiger partial charge in [0.15, 0.2) is 0 Å². The second-order valence-electron chi connectivity index (χ2n) is 5.16. The van der Waals surface area contributed by atoms with E-state index in [2.05, 4.69) is 0 Å². The molecule has 0 aromatic rings. The zero-order valence-corrected chi connectivity index (χ0v) is 14.2. The summed E-state index contributed by atoms with van der Waals surface area (Å²) >= 11 is 1.70. The molecule has 2 N–H and O–H groups in total. The van der Waals surface area contributed by atoms with Crippen LogP contribution in [0.15, 0.2) is 0 Å². The maximum atomic E-state index is 12.2. The minimum absolute atomic E-state index is 0.0130. The number of nitrogens with zero attached hydrogens (tertiary/aromatic N) is 3. The van der Waals surface area contributed by atoms with E-state index >= 15 is 0 Å². The van der Waals surface area contributed by atoms with E-state index < -0.39 is 6.04 Å². The Kier molecular flexibility index (Phi) is 7.88. The van der Waals surface area contributed by atoms with Gasteiger partial charge in [-0.15, -0.1) is 0 Å². The Hall–Kier alpha value is -0.950. The number of rotatable bonds is 6. The van der Waals surface area contributed by atoms with Crippen molar-refractivity contribution in [3.05, 3.63) is 0 Å². The number of piperazine rings is 1. The number of hydrogen-bond donors (Lipinski definition) is 1. The molecule has 1 heterocycles. The smallest absolute Gasteiger partial charge is 0.320 e. The largest absolute Gasteiger partial charge is 0.338 e. The van der Waals surface area contributed by atoms with Gasteiger partial charge in [-0.2, -0.15) is 11.8 Å². The van der Waals surface area contributed by atoms with Crippen molar-refractivity contribution in [2.75, 3.05) is 51.3 Å². The van der Waals surface area contributed by atoms with Crippen LogP contribution in [0.25, 0.3) is 0 Å². The third kappa shape index (κ3) is 5.07. The molecule has 0 radical (unpaired) electrons. The van der Waals surface area contributed by atoms with Gasteiger partial charge in [-0.1, -0.05) is 0 Å². The van der Waals surface area contributed by atoms with Gasteiger partial charge in [-0.25, -0.2) is 4.79 Å². The molecule has 1 aliphatic rings. The van der Waals surface area contributed by atoms with Crippen molar-refractivity contribution >= 4 is 23.7 Å². The van der Waals surface area contributed by atoms with Crippen molar-refractivity contribution < 1.29 is 9.59 Å². The molecule has 1 saturated heterocycles. The molecule has 1 fully saturated rings. The van der Waals surface area contributed by atoms with Crippen LogP contribution in [0.3, 0.4) is 0 Å². The SMILES string of the molecule is CCN(CC)C(=O)N1CCN(C(=O)[C@@H](N)CCSC)CC1. The summed E-state index contributed by atoms with van der Waals surface area (Å²) in [6, 6.07) is -0.346. The molecule has 0 aliphatic carbocycles. The standard InChI is InChI=1S/C14H28N4O2S/c1-4-16(5-2)14(20)18-9-7-17(8-10-18)13(19)12(15)6-11-21-3/h12H,4-11,15H2,1-3H3/t12-/m0/s1. The predicted molar refractivity (Wildman–Crippen MR) is 87.4 cm³/mol. The first-order chi connectivity index (χ1) is 10.0.